The van der Waals surface area contributed by atoms with E-state index in [9.17, 15) is 13.2 Å². The molecule has 0 aliphatic carbocycles. The maximum atomic E-state index is 13.1. The van der Waals surface area contributed by atoms with Crippen molar-refractivity contribution in [2.45, 2.75) is 31.6 Å². The monoisotopic (exact) mass is 409 g/mol. The Balaban J connectivity index is 1.70. The number of ether oxygens (including phenoxy) is 1. The van der Waals surface area contributed by atoms with Crippen LogP contribution in [0.3, 0.4) is 0 Å². The molecule has 7 nitrogen and oxygen atoms in total. The number of amides is 1. The van der Waals surface area contributed by atoms with Crippen molar-refractivity contribution in [1.29, 1.82) is 0 Å². The fourth-order valence-electron chi connectivity index (χ4n) is 4.07. The van der Waals surface area contributed by atoms with Gasteiger partial charge >= 0.3 is 0 Å². The molecule has 2 aliphatic heterocycles. The molecular formula is C20H31N3O4S. The predicted molar refractivity (Wildman–Crippen MR) is 108 cm³/mol. The smallest absolute Gasteiger partial charge is 0.243 e. The minimum atomic E-state index is -3.62. The first kappa shape index (κ1) is 21.1. The van der Waals surface area contributed by atoms with Crippen LogP contribution in [0.1, 0.15) is 25.3 Å². The molecule has 1 aromatic carbocycles. The average molecular weight is 410 g/mol. The van der Waals surface area contributed by atoms with Crippen LogP contribution >= 0.6 is 0 Å². The van der Waals surface area contributed by atoms with E-state index in [4.69, 9.17) is 4.74 Å². The molecule has 3 rings (SSSR count). The van der Waals surface area contributed by atoms with Gasteiger partial charge in [0.15, 0.2) is 0 Å². The van der Waals surface area contributed by atoms with Crippen LogP contribution in [0.25, 0.3) is 0 Å². The van der Waals surface area contributed by atoms with Crippen molar-refractivity contribution in [3.05, 3.63) is 23.8 Å². The number of piperazine rings is 1. The summed E-state index contributed by atoms with van der Waals surface area (Å²) in [5.74, 6) is 0.509. The highest BCUT2D eigenvalue weighted by atomic mass is 32.2. The van der Waals surface area contributed by atoms with Crippen molar-refractivity contribution in [2.24, 2.45) is 5.92 Å². The van der Waals surface area contributed by atoms with Gasteiger partial charge in [0.05, 0.1) is 17.9 Å². The summed E-state index contributed by atoms with van der Waals surface area (Å²) < 4.78 is 32.9. The number of nitrogens with zero attached hydrogens (tertiary/aromatic N) is 3. The van der Waals surface area contributed by atoms with E-state index in [1.165, 1.54) is 4.31 Å². The normalized spacial score (nSPS) is 22.2. The fraction of sp³-hybridized carbons (Fsp3) is 0.650. The third-order valence-electron chi connectivity index (χ3n) is 5.87. The number of hydrogen-bond donors (Lipinski definition) is 0. The Bertz CT molecular complexity index is 804. The lowest BCUT2D eigenvalue weighted by Crippen LogP contribution is -2.52. The molecule has 0 bridgehead atoms. The third kappa shape index (κ3) is 4.34. The molecule has 0 saturated carbocycles. The van der Waals surface area contributed by atoms with Gasteiger partial charge in [-0.05, 0) is 50.1 Å². The molecule has 0 radical (unpaired) electrons. The molecule has 8 heteroatoms. The van der Waals surface area contributed by atoms with Crippen LogP contribution in [0.2, 0.25) is 0 Å². The lowest BCUT2D eigenvalue weighted by Gasteiger charge is -2.38. The Labute approximate surface area is 168 Å². The number of benzene rings is 1. The van der Waals surface area contributed by atoms with Gasteiger partial charge in [-0.3, -0.25) is 4.79 Å². The molecule has 0 unspecified atom stereocenters. The number of methoxy groups -OCH3 is 1. The summed E-state index contributed by atoms with van der Waals surface area (Å²) in [5.41, 5.74) is 0.780. The quantitative estimate of drug-likeness (QED) is 0.738. The number of hydrogen-bond acceptors (Lipinski definition) is 5. The summed E-state index contributed by atoms with van der Waals surface area (Å²) in [6.07, 6.45) is 1.46. The standard InChI is InChI=1S/C20H31N3O4S/c1-4-21-10-12-22(13-11-21)20(24)17-6-5-9-23(15-17)28(25,26)18-7-8-19(27-3)16(2)14-18/h7-8,14,17H,4-6,9-13,15H2,1-3H3/t17-/m1/s1. The van der Waals surface area contributed by atoms with Crippen LogP contribution in [0.4, 0.5) is 0 Å². The number of piperidine rings is 1. The number of sulfonamides is 1. The second kappa shape index (κ2) is 8.80. The molecule has 2 fully saturated rings. The maximum absolute atomic E-state index is 13.1. The molecule has 28 heavy (non-hydrogen) atoms. The van der Waals surface area contributed by atoms with E-state index in [-0.39, 0.29) is 23.3 Å². The highest BCUT2D eigenvalue weighted by molar-refractivity contribution is 7.89. The molecule has 2 aliphatic rings. The summed E-state index contributed by atoms with van der Waals surface area (Å²) in [5, 5.41) is 0. The molecule has 1 atom stereocenters. The second-order valence-corrected chi connectivity index (χ2v) is 9.53. The zero-order valence-electron chi connectivity index (χ0n) is 17.1. The van der Waals surface area contributed by atoms with Crippen LogP contribution < -0.4 is 4.74 Å². The minimum Gasteiger partial charge on any atom is -0.496 e. The molecular weight excluding hydrogens is 378 g/mol. The van der Waals surface area contributed by atoms with Crippen molar-refractivity contribution >= 4 is 15.9 Å². The summed E-state index contributed by atoms with van der Waals surface area (Å²) >= 11 is 0. The lowest BCUT2D eigenvalue weighted by molar-refractivity contribution is -0.138. The largest absolute Gasteiger partial charge is 0.496 e. The summed E-state index contributed by atoms with van der Waals surface area (Å²) in [7, 11) is -2.05. The van der Waals surface area contributed by atoms with Crippen molar-refractivity contribution in [1.82, 2.24) is 14.1 Å². The SMILES string of the molecule is CCN1CCN(C(=O)[C@@H]2CCCN(S(=O)(=O)c3ccc(OC)c(C)c3)C2)CC1. The molecule has 0 aromatic heterocycles. The van der Waals surface area contributed by atoms with E-state index in [0.717, 1.165) is 44.7 Å². The highest BCUT2D eigenvalue weighted by Gasteiger charge is 2.35. The Kier molecular flexibility index (Phi) is 6.62. The Morgan fingerprint density at radius 3 is 2.50 bits per heavy atom. The first-order chi connectivity index (χ1) is 13.4. The highest BCUT2D eigenvalue weighted by Crippen LogP contribution is 2.28. The molecule has 1 amide bonds. The molecule has 2 heterocycles. The molecule has 0 spiro atoms. The number of rotatable bonds is 5. The lowest BCUT2D eigenvalue weighted by atomic mass is 9.98. The Morgan fingerprint density at radius 1 is 1.18 bits per heavy atom. The van der Waals surface area contributed by atoms with Gasteiger partial charge in [-0.1, -0.05) is 6.92 Å². The number of carbonyl (C=O) groups excluding carboxylic acids is 1. The number of aryl methyl sites for hydroxylation is 1. The predicted octanol–water partition coefficient (Wildman–Crippen LogP) is 1.57. The number of likely N-dealkylation sites (N-methyl/N-ethyl adjacent to an activating group) is 1. The first-order valence-electron chi connectivity index (χ1n) is 10.0. The topological polar surface area (TPSA) is 70.2 Å². The fourth-order valence-corrected chi connectivity index (χ4v) is 5.67. The van der Waals surface area contributed by atoms with Crippen LogP contribution in [-0.4, -0.2) is 81.4 Å². The Morgan fingerprint density at radius 2 is 1.89 bits per heavy atom. The van der Waals surface area contributed by atoms with E-state index in [2.05, 4.69) is 11.8 Å². The van der Waals surface area contributed by atoms with E-state index < -0.39 is 10.0 Å². The van der Waals surface area contributed by atoms with Gasteiger partial charge < -0.3 is 14.5 Å². The summed E-state index contributed by atoms with van der Waals surface area (Å²) in [6.45, 7) is 8.92. The summed E-state index contributed by atoms with van der Waals surface area (Å²) in [4.78, 5) is 17.5. The van der Waals surface area contributed by atoms with Crippen LogP contribution in [0, 0.1) is 12.8 Å². The first-order valence-corrected chi connectivity index (χ1v) is 11.5. The van der Waals surface area contributed by atoms with E-state index in [0.29, 0.717) is 18.7 Å². The molecule has 0 N–H and O–H groups in total. The Hall–Kier alpha value is -1.64. The van der Waals surface area contributed by atoms with Gasteiger partial charge in [0.2, 0.25) is 15.9 Å². The van der Waals surface area contributed by atoms with E-state index in [1.807, 2.05) is 11.8 Å². The van der Waals surface area contributed by atoms with Crippen LogP contribution in [0.5, 0.6) is 5.75 Å². The van der Waals surface area contributed by atoms with Crippen molar-refractivity contribution in [3.8, 4) is 5.75 Å². The third-order valence-corrected chi connectivity index (χ3v) is 7.73. The molecule has 1 aromatic rings. The van der Waals surface area contributed by atoms with E-state index in [1.54, 1.807) is 25.3 Å². The van der Waals surface area contributed by atoms with Gasteiger partial charge in [0.1, 0.15) is 5.75 Å². The zero-order chi connectivity index (χ0) is 20.3. The number of carbonyl (C=O) groups is 1. The van der Waals surface area contributed by atoms with Crippen LogP contribution in [-0.2, 0) is 14.8 Å². The maximum Gasteiger partial charge on any atom is 0.243 e. The molecule has 2 saturated heterocycles. The van der Waals surface area contributed by atoms with Crippen molar-refractivity contribution in [2.75, 3.05) is 52.9 Å². The van der Waals surface area contributed by atoms with Crippen LogP contribution in [0.15, 0.2) is 23.1 Å². The van der Waals surface area contributed by atoms with Gasteiger partial charge in [-0.2, -0.15) is 4.31 Å². The zero-order valence-corrected chi connectivity index (χ0v) is 17.9. The van der Waals surface area contributed by atoms with Crippen molar-refractivity contribution in [3.63, 3.8) is 0 Å². The second-order valence-electron chi connectivity index (χ2n) is 7.59. The van der Waals surface area contributed by atoms with Gasteiger partial charge in [-0.25, -0.2) is 8.42 Å². The molecule has 156 valence electrons. The van der Waals surface area contributed by atoms with Gasteiger partial charge in [0, 0.05) is 39.3 Å². The average Bonchev–Trinajstić information content (AvgIpc) is 2.73. The van der Waals surface area contributed by atoms with Gasteiger partial charge in [0.25, 0.3) is 0 Å². The summed E-state index contributed by atoms with van der Waals surface area (Å²) in [6, 6.07) is 4.90. The van der Waals surface area contributed by atoms with E-state index >= 15 is 0 Å². The minimum absolute atomic E-state index is 0.0987. The van der Waals surface area contributed by atoms with Gasteiger partial charge in [-0.15, -0.1) is 0 Å². The van der Waals surface area contributed by atoms with Crippen molar-refractivity contribution < 1.29 is 17.9 Å².